The van der Waals surface area contributed by atoms with Crippen LogP contribution in [0.1, 0.15) is 6.42 Å². The molecule has 0 bridgehead atoms. The second kappa shape index (κ2) is 8.89. The van der Waals surface area contributed by atoms with Crippen molar-refractivity contribution in [2.75, 3.05) is 34.0 Å². The fourth-order valence-electron chi connectivity index (χ4n) is 0.768. The summed E-state index contributed by atoms with van der Waals surface area (Å²) in [6, 6.07) is 0. The average molecular weight is 206 g/mol. The maximum atomic E-state index is 11.1. The predicted octanol–water partition coefficient (Wildman–Crippen LogP) is -0.956. The van der Waals surface area contributed by atoms with Crippen LogP contribution < -0.4 is 11.2 Å². The van der Waals surface area contributed by atoms with Crippen molar-refractivity contribution < 1.29 is 19.1 Å². The summed E-state index contributed by atoms with van der Waals surface area (Å²) in [5, 5.41) is 0. The van der Waals surface area contributed by atoms with Crippen LogP contribution in [0, 0.1) is 0 Å². The van der Waals surface area contributed by atoms with Gasteiger partial charge in [0.15, 0.2) is 0 Å². The highest BCUT2D eigenvalue weighted by molar-refractivity contribution is 5.75. The van der Waals surface area contributed by atoms with E-state index in [1.54, 1.807) is 7.11 Å². The van der Waals surface area contributed by atoms with Gasteiger partial charge in [0.05, 0.1) is 25.7 Å². The molecule has 0 aliphatic heterocycles. The lowest BCUT2D eigenvalue weighted by Gasteiger charge is -2.12. The summed E-state index contributed by atoms with van der Waals surface area (Å²) >= 11 is 0. The Bertz CT molecular complexity index is 150. The molecule has 0 saturated heterocycles. The second-order valence-corrected chi connectivity index (χ2v) is 2.66. The van der Waals surface area contributed by atoms with Crippen LogP contribution >= 0.6 is 0 Å². The number of hydrogen-bond acceptors (Lipinski definition) is 5. The molecule has 0 rings (SSSR count). The van der Waals surface area contributed by atoms with Crippen molar-refractivity contribution >= 4 is 5.91 Å². The molecule has 1 atom stereocenters. The molecule has 0 aromatic heterocycles. The fraction of sp³-hybridized carbons (Fsp3) is 0.875. The van der Waals surface area contributed by atoms with Crippen molar-refractivity contribution in [1.82, 2.24) is 5.48 Å². The second-order valence-electron chi connectivity index (χ2n) is 2.66. The van der Waals surface area contributed by atoms with Crippen LogP contribution in [0.15, 0.2) is 0 Å². The van der Waals surface area contributed by atoms with E-state index in [1.807, 2.05) is 0 Å². The zero-order chi connectivity index (χ0) is 10.8. The van der Waals surface area contributed by atoms with Gasteiger partial charge in [0, 0.05) is 20.8 Å². The van der Waals surface area contributed by atoms with Gasteiger partial charge in [0.2, 0.25) is 5.91 Å². The third-order valence-corrected chi connectivity index (χ3v) is 1.58. The number of carbonyl (C=O) groups is 1. The quantitative estimate of drug-likeness (QED) is 0.395. The number of nitrogens with two attached hydrogens (primary N) is 1. The maximum Gasteiger partial charge on any atom is 0.246 e. The van der Waals surface area contributed by atoms with Crippen LogP contribution in [0.4, 0.5) is 0 Å². The average Bonchev–Trinajstić information content (AvgIpc) is 2.21. The summed E-state index contributed by atoms with van der Waals surface area (Å²) in [5.74, 6) is -0.251. The lowest BCUT2D eigenvalue weighted by atomic mass is 10.2. The molecule has 6 heteroatoms. The zero-order valence-electron chi connectivity index (χ0n) is 8.62. The van der Waals surface area contributed by atoms with Gasteiger partial charge in [-0.25, -0.2) is 5.48 Å². The summed E-state index contributed by atoms with van der Waals surface area (Å²) in [6.45, 7) is 1.06. The van der Waals surface area contributed by atoms with Crippen LogP contribution in [0.5, 0.6) is 0 Å². The molecule has 1 unspecified atom stereocenters. The summed E-state index contributed by atoms with van der Waals surface area (Å²) < 4.78 is 9.66. The van der Waals surface area contributed by atoms with Crippen LogP contribution in [0.25, 0.3) is 0 Å². The SMILES string of the molecule is COCCONC(=O)CC(CN)OC. The molecule has 0 saturated carbocycles. The van der Waals surface area contributed by atoms with Gasteiger partial charge in [-0.05, 0) is 0 Å². The number of carbonyl (C=O) groups excluding carboxylic acids is 1. The number of hydroxylamine groups is 1. The van der Waals surface area contributed by atoms with E-state index in [1.165, 1.54) is 7.11 Å². The Labute approximate surface area is 83.6 Å². The minimum atomic E-state index is -0.263. The highest BCUT2D eigenvalue weighted by Crippen LogP contribution is 1.93. The molecular formula is C8H18N2O4. The Hall–Kier alpha value is -0.690. The molecular weight excluding hydrogens is 188 g/mol. The predicted molar refractivity (Wildman–Crippen MR) is 50.4 cm³/mol. The van der Waals surface area contributed by atoms with Gasteiger partial charge in [0.1, 0.15) is 0 Å². The van der Waals surface area contributed by atoms with Crippen LogP contribution in [-0.4, -0.2) is 46.0 Å². The Balaban J connectivity index is 3.44. The van der Waals surface area contributed by atoms with Gasteiger partial charge in [-0.1, -0.05) is 0 Å². The Kier molecular flexibility index (Phi) is 8.45. The molecule has 6 nitrogen and oxygen atoms in total. The zero-order valence-corrected chi connectivity index (χ0v) is 8.62. The third kappa shape index (κ3) is 6.79. The standard InChI is InChI=1S/C8H18N2O4/c1-12-3-4-14-10-8(11)5-7(6-9)13-2/h7H,3-6,9H2,1-2H3,(H,10,11). The lowest BCUT2D eigenvalue weighted by molar-refractivity contribution is -0.136. The highest BCUT2D eigenvalue weighted by Gasteiger charge is 2.10. The fourth-order valence-corrected chi connectivity index (χ4v) is 0.768. The molecule has 0 aliphatic rings. The number of ether oxygens (including phenoxy) is 2. The van der Waals surface area contributed by atoms with Crippen LogP contribution in [0.2, 0.25) is 0 Å². The minimum absolute atomic E-state index is 0.194. The Morgan fingerprint density at radius 2 is 2.14 bits per heavy atom. The van der Waals surface area contributed by atoms with Crippen molar-refractivity contribution in [1.29, 1.82) is 0 Å². The normalized spacial score (nSPS) is 12.5. The molecule has 0 radical (unpaired) electrons. The molecule has 0 heterocycles. The number of amides is 1. The Morgan fingerprint density at radius 1 is 1.43 bits per heavy atom. The molecule has 0 fully saturated rings. The summed E-state index contributed by atoms with van der Waals surface area (Å²) in [7, 11) is 3.07. The molecule has 0 aromatic carbocycles. The first-order valence-electron chi connectivity index (χ1n) is 4.37. The Morgan fingerprint density at radius 3 is 2.64 bits per heavy atom. The van der Waals surface area contributed by atoms with Gasteiger partial charge in [0.25, 0.3) is 0 Å². The van der Waals surface area contributed by atoms with Gasteiger partial charge in [-0.3, -0.25) is 9.63 Å². The van der Waals surface area contributed by atoms with Crippen molar-refractivity contribution in [3.63, 3.8) is 0 Å². The third-order valence-electron chi connectivity index (χ3n) is 1.58. The summed E-state index contributed by atoms with van der Waals surface area (Å²) in [6.07, 6.45) is -0.0685. The number of hydrogen-bond donors (Lipinski definition) is 2. The highest BCUT2D eigenvalue weighted by atomic mass is 16.7. The number of nitrogens with one attached hydrogen (secondary N) is 1. The number of rotatable bonds is 8. The van der Waals surface area contributed by atoms with Crippen molar-refractivity contribution in [3.05, 3.63) is 0 Å². The molecule has 84 valence electrons. The van der Waals surface area contributed by atoms with E-state index < -0.39 is 0 Å². The van der Waals surface area contributed by atoms with Crippen LogP contribution in [-0.2, 0) is 19.1 Å². The van der Waals surface area contributed by atoms with Crippen molar-refractivity contribution in [2.24, 2.45) is 5.73 Å². The topological polar surface area (TPSA) is 82.8 Å². The minimum Gasteiger partial charge on any atom is -0.382 e. The molecule has 0 aliphatic carbocycles. The molecule has 1 amide bonds. The van der Waals surface area contributed by atoms with Gasteiger partial charge < -0.3 is 15.2 Å². The van der Waals surface area contributed by atoms with E-state index in [0.29, 0.717) is 19.8 Å². The van der Waals surface area contributed by atoms with E-state index in [9.17, 15) is 4.79 Å². The maximum absolute atomic E-state index is 11.1. The monoisotopic (exact) mass is 206 g/mol. The van der Waals surface area contributed by atoms with Crippen molar-refractivity contribution in [2.45, 2.75) is 12.5 Å². The molecule has 3 N–H and O–H groups in total. The first kappa shape index (κ1) is 13.3. The summed E-state index contributed by atoms with van der Waals surface area (Å²) in [4.78, 5) is 15.9. The van der Waals surface area contributed by atoms with Crippen LogP contribution in [0.3, 0.4) is 0 Å². The van der Waals surface area contributed by atoms with E-state index in [2.05, 4.69) is 5.48 Å². The van der Waals surface area contributed by atoms with Gasteiger partial charge >= 0.3 is 0 Å². The van der Waals surface area contributed by atoms with E-state index in [4.69, 9.17) is 20.0 Å². The number of methoxy groups -OCH3 is 2. The van der Waals surface area contributed by atoms with Gasteiger partial charge in [-0.15, -0.1) is 0 Å². The first-order chi connectivity index (χ1) is 6.74. The van der Waals surface area contributed by atoms with E-state index >= 15 is 0 Å². The smallest absolute Gasteiger partial charge is 0.246 e. The van der Waals surface area contributed by atoms with Gasteiger partial charge in [-0.2, -0.15) is 0 Å². The van der Waals surface area contributed by atoms with Crippen molar-refractivity contribution in [3.8, 4) is 0 Å². The molecule has 0 spiro atoms. The largest absolute Gasteiger partial charge is 0.382 e. The van der Waals surface area contributed by atoms with E-state index in [0.717, 1.165) is 0 Å². The molecule has 14 heavy (non-hydrogen) atoms. The lowest BCUT2D eigenvalue weighted by Crippen LogP contribution is -2.32. The van der Waals surface area contributed by atoms with E-state index in [-0.39, 0.29) is 18.4 Å². The molecule has 0 aromatic rings. The summed E-state index contributed by atoms with van der Waals surface area (Å²) in [5.41, 5.74) is 7.60. The first-order valence-corrected chi connectivity index (χ1v) is 4.37.